The summed E-state index contributed by atoms with van der Waals surface area (Å²) < 4.78 is 32.2. The van der Waals surface area contributed by atoms with E-state index in [0.29, 0.717) is 30.8 Å². The summed E-state index contributed by atoms with van der Waals surface area (Å²) in [6.45, 7) is 6.02. The quantitative estimate of drug-likeness (QED) is 0.179. The predicted octanol–water partition coefficient (Wildman–Crippen LogP) is 5.15. The van der Waals surface area contributed by atoms with Crippen LogP contribution in [0.5, 0.6) is 5.75 Å². The standard InChI is InChI=1S/C33H37BrFN5O5Si/c1-21-30(46(3,4)35)28(13-16-38-20-24(14-17-41)36-37-38)45-33(21)26-18-23(34)9-12-27(26)40(32(33)43)19-22-7-10-25(11-8-22)39-15-5-6-29(44-2)31(39)42/h5-12,15,18,20-21,28,30,41H,13-14,16-17,19H2,1-4H3/t21-,28+,30-,33+/m1/s1. The van der Waals surface area contributed by atoms with Crippen LogP contribution in [0.3, 0.4) is 0 Å². The van der Waals surface area contributed by atoms with Crippen LogP contribution in [0.25, 0.3) is 5.69 Å². The van der Waals surface area contributed by atoms with Crippen LogP contribution in [-0.2, 0) is 34.6 Å². The van der Waals surface area contributed by atoms with E-state index in [9.17, 15) is 14.7 Å². The topological polar surface area (TPSA) is 112 Å². The van der Waals surface area contributed by atoms with Crippen molar-refractivity contribution < 1.29 is 23.5 Å². The Morgan fingerprint density at radius 1 is 1.15 bits per heavy atom. The number of aryl methyl sites for hydroxylation is 1. The van der Waals surface area contributed by atoms with Gasteiger partial charge in [-0.1, -0.05) is 40.2 Å². The summed E-state index contributed by atoms with van der Waals surface area (Å²) in [5, 5.41) is 17.5. The highest BCUT2D eigenvalue weighted by atomic mass is 79.9. The minimum absolute atomic E-state index is 0.0197. The zero-order valence-corrected chi connectivity index (χ0v) is 28.8. The van der Waals surface area contributed by atoms with Gasteiger partial charge < -0.3 is 23.6 Å². The van der Waals surface area contributed by atoms with Crippen LogP contribution >= 0.6 is 15.9 Å². The number of rotatable bonds is 10. The summed E-state index contributed by atoms with van der Waals surface area (Å²) in [5.41, 5.74) is 1.63. The third kappa shape index (κ3) is 5.63. The third-order valence-corrected chi connectivity index (χ3v) is 12.2. The van der Waals surface area contributed by atoms with Gasteiger partial charge >= 0.3 is 0 Å². The van der Waals surface area contributed by atoms with E-state index in [4.69, 9.17) is 9.47 Å². The second-order valence-electron chi connectivity index (χ2n) is 12.5. The number of aromatic nitrogens is 4. The number of amides is 1. The normalized spacial score (nSPS) is 22.5. The first-order chi connectivity index (χ1) is 22.0. The van der Waals surface area contributed by atoms with E-state index in [0.717, 1.165) is 21.3 Å². The Labute approximate surface area is 276 Å². The molecule has 46 heavy (non-hydrogen) atoms. The number of hydrogen-bond donors (Lipinski definition) is 1. The Morgan fingerprint density at radius 2 is 1.91 bits per heavy atom. The van der Waals surface area contributed by atoms with E-state index in [1.165, 1.54) is 11.7 Å². The number of fused-ring (bicyclic) bond motifs is 2. The minimum atomic E-state index is -3.32. The number of ether oxygens (including phenoxy) is 2. The first kappa shape index (κ1) is 32.3. The maximum Gasteiger partial charge on any atom is 0.297 e. The zero-order valence-electron chi connectivity index (χ0n) is 26.2. The van der Waals surface area contributed by atoms with Gasteiger partial charge in [-0.25, -0.2) is 0 Å². The van der Waals surface area contributed by atoms with Crippen LogP contribution in [0.2, 0.25) is 18.6 Å². The van der Waals surface area contributed by atoms with Crippen molar-refractivity contribution in [2.24, 2.45) is 5.92 Å². The van der Waals surface area contributed by atoms with Gasteiger partial charge in [0.2, 0.25) is 8.41 Å². The van der Waals surface area contributed by atoms with Gasteiger partial charge in [0.05, 0.1) is 31.1 Å². The molecule has 4 atom stereocenters. The van der Waals surface area contributed by atoms with Crippen molar-refractivity contribution in [3.8, 4) is 11.4 Å². The molecule has 2 aromatic carbocycles. The van der Waals surface area contributed by atoms with Gasteiger partial charge in [0.15, 0.2) is 11.4 Å². The third-order valence-electron chi connectivity index (χ3n) is 9.21. The van der Waals surface area contributed by atoms with Crippen molar-refractivity contribution in [2.45, 2.75) is 63.2 Å². The van der Waals surface area contributed by atoms with Crippen LogP contribution in [-0.4, -0.2) is 58.8 Å². The highest BCUT2D eigenvalue weighted by Crippen LogP contribution is 2.60. The Bertz CT molecular complexity index is 1810. The van der Waals surface area contributed by atoms with Crippen molar-refractivity contribution in [1.82, 2.24) is 19.6 Å². The second-order valence-corrected chi connectivity index (χ2v) is 17.2. The van der Waals surface area contributed by atoms with Gasteiger partial charge in [-0.3, -0.25) is 18.8 Å². The van der Waals surface area contributed by atoms with E-state index < -0.39 is 31.6 Å². The fourth-order valence-corrected chi connectivity index (χ4v) is 10.1. The van der Waals surface area contributed by atoms with Crippen molar-refractivity contribution in [3.05, 3.63) is 98.6 Å². The van der Waals surface area contributed by atoms with Crippen molar-refractivity contribution in [2.75, 3.05) is 18.6 Å². The molecule has 10 nitrogen and oxygen atoms in total. The molecular weight excluding hydrogens is 673 g/mol. The number of hydrogen-bond acceptors (Lipinski definition) is 7. The molecule has 0 bridgehead atoms. The first-order valence-corrected chi connectivity index (χ1v) is 19.1. The fourth-order valence-electron chi connectivity index (χ4n) is 7.16. The SMILES string of the molecule is COc1cccn(-c2ccc(CN3C(=O)[C@@]4(O[C@@H](CCn5cc(CCO)nn5)[C@H]([Si](C)(C)F)[C@H]4C)c4cc(Br)ccc43)cc2)c1=O. The molecule has 6 rings (SSSR count). The molecule has 13 heteroatoms. The van der Waals surface area contributed by atoms with Crippen LogP contribution < -0.4 is 15.2 Å². The lowest BCUT2D eigenvalue weighted by atomic mass is 9.82. The Kier molecular flexibility index (Phi) is 8.78. The molecule has 1 amide bonds. The van der Waals surface area contributed by atoms with E-state index in [1.807, 2.05) is 49.4 Å². The molecule has 0 aliphatic carbocycles. The van der Waals surface area contributed by atoms with E-state index in [-0.39, 0.29) is 30.4 Å². The van der Waals surface area contributed by atoms with Crippen LogP contribution in [0.4, 0.5) is 9.80 Å². The monoisotopic (exact) mass is 709 g/mol. The van der Waals surface area contributed by atoms with Gasteiger partial charge in [0.25, 0.3) is 11.5 Å². The number of carbonyl (C=O) groups excluding carboxylic acids is 1. The second kappa shape index (κ2) is 12.5. The molecule has 2 aliphatic rings. The van der Waals surface area contributed by atoms with Crippen molar-refractivity contribution >= 4 is 35.9 Å². The van der Waals surface area contributed by atoms with Crippen molar-refractivity contribution in [3.63, 3.8) is 0 Å². The Balaban J connectivity index is 1.31. The summed E-state index contributed by atoms with van der Waals surface area (Å²) in [5.74, 6) is -0.382. The van der Waals surface area contributed by atoms with Crippen LogP contribution in [0.1, 0.15) is 30.2 Å². The highest BCUT2D eigenvalue weighted by molar-refractivity contribution is 9.10. The smallest absolute Gasteiger partial charge is 0.297 e. The fraction of sp³-hybridized carbons (Fsp3) is 0.394. The summed E-state index contributed by atoms with van der Waals surface area (Å²) in [4.78, 5) is 29.1. The summed E-state index contributed by atoms with van der Waals surface area (Å²) >= 11 is 3.59. The molecular formula is C33H37BrFN5O5Si. The number of methoxy groups -OCH3 is 1. The van der Waals surface area contributed by atoms with Gasteiger partial charge in [0, 0.05) is 59.1 Å². The average Bonchev–Trinajstić information content (AvgIpc) is 3.66. The highest BCUT2D eigenvalue weighted by Gasteiger charge is 2.66. The van der Waals surface area contributed by atoms with Crippen molar-refractivity contribution in [1.29, 1.82) is 0 Å². The van der Waals surface area contributed by atoms with Gasteiger partial charge in [-0.05, 0) is 67.5 Å². The first-order valence-electron chi connectivity index (χ1n) is 15.3. The maximum absolute atomic E-state index is 16.2. The van der Waals surface area contributed by atoms with E-state index in [1.54, 1.807) is 47.2 Å². The van der Waals surface area contributed by atoms with Crippen LogP contribution in [0.15, 0.2) is 76.3 Å². The van der Waals surface area contributed by atoms with E-state index in [2.05, 4.69) is 26.2 Å². The molecule has 0 unspecified atom stereocenters. The largest absolute Gasteiger partial charge is 0.491 e. The molecule has 2 aliphatic heterocycles. The summed E-state index contributed by atoms with van der Waals surface area (Å²) in [6, 6.07) is 16.6. The lowest BCUT2D eigenvalue weighted by molar-refractivity contribution is -0.146. The number of pyridine rings is 1. The molecule has 1 N–H and O–H groups in total. The lowest BCUT2D eigenvalue weighted by Gasteiger charge is -2.31. The number of nitrogens with zero attached hydrogens (tertiary/aromatic N) is 5. The summed E-state index contributed by atoms with van der Waals surface area (Å²) in [6.07, 6.45) is 3.82. The molecule has 0 saturated carbocycles. The molecule has 4 aromatic rings. The molecule has 2 aromatic heterocycles. The average molecular weight is 711 g/mol. The number of halogens is 2. The van der Waals surface area contributed by atoms with Gasteiger partial charge in [-0.15, -0.1) is 5.10 Å². The predicted molar refractivity (Wildman–Crippen MR) is 177 cm³/mol. The lowest BCUT2D eigenvalue weighted by Crippen LogP contribution is -2.45. The zero-order chi connectivity index (χ0) is 32.8. The van der Waals surface area contributed by atoms with Gasteiger partial charge in [-0.2, -0.15) is 0 Å². The Morgan fingerprint density at radius 3 is 2.61 bits per heavy atom. The minimum Gasteiger partial charge on any atom is -0.491 e. The number of aliphatic hydroxyl groups is 1. The van der Waals surface area contributed by atoms with Crippen LogP contribution in [0, 0.1) is 5.92 Å². The number of aliphatic hydroxyl groups excluding tert-OH is 1. The number of benzene rings is 2. The number of anilines is 1. The molecule has 0 radical (unpaired) electrons. The number of carbonyl (C=O) groups is 1. The molecule has 1 spiro atoms. The molecule has 4 heterocycles. The maximum atomic E-state index is 16.2. The summed E-state index contributed by atoms with van der Waals surface area (Å²) in [7, 11) is -1.86. The van der Waals surface area contributed by atoms with Gasteiger partial charge in [0.1, 0.15) is 0 Å². The molecule has 1 fully saturated rings. The molecule has 242 valence electrons. The van der Waals surface area contributed by atoms with E-state index >= 15 is 4.11 Å². The molecule has 1 saturated heterocycles. The Hall–Kier alpha value is -3.65.